The molecule has 2 atom stereocenters. The van der Waals surface area contributed by atoms with E-state index >= 15 is 0 Å². The first kappa shape index (κ1) is 50.5. The summed E-state index contributed by atoms with van der Waals surface area (Å²) >= 11 is 0. The number of carbonyl (C=O) groups excluding carboxylic acids is 3. The maximum absolute atomic E-state index is 12.6. The van der Waals surface area contributed by atoms with Crippen molar-refractivity contribution in [1.82, 2.24) is 5.32 Å². The molecule has 0 bridgehead atoms. The molecule has 0 aliphatic rings. The van der Waals surface area contributed by atoms with Crippen molar-refractivity contribution in [3.05, 3.63) is 4.91 Å². The molecule has 0 aromatic carbocycles. The number of carboxylic acids is 1. The summed E-state index contributed by atoms with van der Waals surface area (Å²) in [4.78, 5) is 59.1. The predicted octanol–water partition coefficient (Wildman–Crippen LogP) is 11.7. The third-order valence-electron chi connectivity index (χ3n) is 10.0. The summed E-state index contributed by atoms with van der Waals surface area (Å²) in [5.41, 5.74) is 0. The van der Waals surface area contributed by atoms with Crippen LogP contribution in [0.3, 0.4) is 0 Å². The maximum Gasteiger partial charge on any atom is 0.332 e. The highest BCUT2D eigenvalue weighted by Crippen LogP contribution is 2.16. The highest BCUT2D eigenvalue weighted by molar-refractivity contribution is 5.84. The van der Waals surface area contributed by atoms with E-state index in [1.165, 1.54) is 148 Å². The summed E-state index contributed by atoms with van der Waals surface area (Å²) in [6, 6.07) is -1.70. The van der Waals surface area contributed by atoms with E-state index in [0.29, 0.717) is 6.42 Å². The molecule has 0 rings (SSSR count). The minimum absolute atomic E-state index is 0.166. The number of rotatable bonds is 41. The molecule has 0 heterocycles. The minimum atomic E-state index is -1.70. The normalized spacial score (nSPS) is 12.3. The Bertz CT molecular complexity index is 900. The zero-order chi connectivity index (χ0) is 39.0. The van der Waals surface area contributed by atoms with Gasteiger partial charge in [0.25, 0.3) is 0 Å². The van der Waals surface area contributed by atoms with E-state index in [0.717, 1.165) is 38.5 Å². The molecule has 10 nitrogen and oxygen atoms in total. The van der Waals surface area contributed by atoms with E-state index in [1.54, 1.807) is 0 Å². The fourth-order valence-corrected chi connectivity index (χ4v) is 6.56. The second kappa shape index (κ2) is 39.2. The third kappa shape index (κ3) is 36.2. The molecule has 0 spiro atoms. The summed E-state index contributed by atoms with van der Waals surface area (Å²) in [6.45, 7) is 4.13. The lowest BCUT2D eigenvalue weighted by Crippen LogP contribution is -2.39. The molecule has 2 N–H and O–H groups in total. The van der Waals surface area contributed by atoms with Gasteiger partial charge < -0.3 is 19.9 Å². The number of aliphatic carboxylic acids is 1. The van der Waals surface area contributed by atoms with Crippen molar-refractivity contribution in [2.45, 2.75) is 238 Å². The number of amides is 1. The van der Waals surface area contributed by atoms with Crippen LogP contribution in [-0.4, -0.2) is 54.2 Å². The minimum Gasteiger partial charge on any atom is -0.480 e. The van der Waals surface area contributed by atoms with Gasteiger partial charge in [0, 0.05) is 12.8 Å². The molecule has 0 radical (unpaired) electrons. The number of carboxylic acid groups (broad SMARTS) is 1. The number of unbranched alkanes of at least 4 members (excludes halogenated alkanes) is 28. The van der Waals surface area contributed by atoms with Crippen LogP contribution >= 0.6 is 0 Å². The van der Waals surface area contributed by atoms with E-state index < -0.39 is 36.4 Å². The van der Waals surface area contributed by atoms with Crippen LogP contribution < -0.4 is 5.32 Å². The maximum atomic E-state index is 12.6. The Hall–Kier alpha value is -2.52. The van der Waals surface area contributed by atoms with Crippen molar-refractivity contribution in [1.29, 1.82) is 0 Å². The highest BCUT2D eigenvalue weighted by Gasteiger charge is 2.24. The molecule has 0 aromatic rings. The van der Waals surface area contributed by atoms with Crippen molar-refractivity contribution in [2.24, 2.45) is 5.18 Å². The number of nitrogens with one attached hydrogen (secondary N) is 1. The second-order valence-corrected chi connectivity index (χ2v) is 15.2. The van der Waals surface area contributed by atoms with Gasteiger partial charge in [-0.1, -0.05) is 199 Å². The number of ether oxygens (including phenoxy) is 2. The van der Waals surface area contributed by atoms with E-state index in [1.807, 2.05) is 0 Å². The monoisotopic (exact) mass is 753 g/mol. The molecule has 0 saturated carbocycles. The van der Waals surface area contributed by atoms with Crippen LogP contribution in [0.15, 0.2) is 5.18 Å². The first-order valence-corrected chi connectivity index (χ1v) is 22.0. The number of nitrogens with zero attached hydrogens (tertiary/aromatic N) is 1. The van der Waals surface area contributed by atoms with Crippen LogP contribution in [0.2, 0.25) is 0 Å². The third-order valence-corrected chi connectivity index (χ3v) is 10.0. The number of carbonyl (C=O) groups is 4. The zero-order valence-corrected chi connectivity index (χ0v) is 34.2. The van der Waals surface area contributed by atoms with Gasteiger partial charge in [-0.15, -0.1) is 4.91 Å². The highest BCUT2D eigenvalue weighted by atomic mass is 16.6. The molecule has 0 fully saturated rings. The van der Waals surface area contributed by atoms with Gasteiger partial charge in [0.2, 0.25) is 5.91 Å². The second-order valence-electron chi connectivity index (χ2n) is 15.2. The fourth-order valence-electron chi connectivity index (χ4n) is 6.56. The van der Waals surface area contributed by atoms with Crippen LogP contribution in [0, 0.1) is 4.91 Å². The lowest BCUT2D eigenvalue weighted by Gasteiger charge is -2.19. The fraction of sp³-hybridized carbons (Fsp3) is 0.907. The lowest BCUT2D eigenvalue weighted by molar-refractivity contribution is -0.159. The Balaban J connectivity index is 4.24. The molecular formula is C43H80N2O8. The summed E-state index contributed by atoms with van der Waals surface area (Å²) in [5.74, 6) is -3.03. The van der Waals surface area contributed by atoms with Gasteiger partial charge in [0.1, 0.15) is 6.61 Å². The van der Waals surface area contributed by atoms with Crippen molar-refractivity contribution >= 4 is 23.8 Å². The molecular weight excluding hydrogens is 672 g/mol. The predicted molar refractivity (Wildman–Crippen MR) is 215 cm³/mol. The van der Waals surface area contributed by atoms with Gasteiger partial charge in [-0.2, -0.15) is 0 Å². The molecule has 0 aromatic heterocycles. The van der Waals surface area contributed by atoms with Gasteiger partial charge in [0.05, 0.1) is 13.0 Å². The van der Waals surface area contributed by atoms with E-state index in [4.69, 9.17) is 14.6 Å². The Morgan fingerprint density at radius 3 is 1.21 bits per heavy atom. The molecule has 0 saturated heterocycles. The quantitative estimate of drug-likeness (QED) is 0.0356. The van der Waals surface area contributed by atoms with Crippen LogP contribution in [0.25, 0.3) is 0 Å². The number of hydrogen-bond donors (Lipinski definition) is 2. The van der Waals surface area contributed by atoms with E-state index in [9.17, 15) is 24.1 Å². The smallest absolute Gasteiger partial charge is 0.332 e. The van der Waals surface area contributed by atoms with Crippen LogP contribution in [0.5, 0.6) is 0 Å². The Labute approximate surface area is 323 Å². The van der Waals surface area contributed by atoms with Gasteiger partial charge in [-0.05, 0) is 12.8 Å². The van der Waals surface area contributed by atoms with Crippen molar-refractivity contribution < 1.29 is 33.8 Å². The zero-order valence-electron chi connectivity index (χ0n) is 34.2. The number of esters is 2. The summed E-state index contributed by atoms with van der Waals surface area (Å²) in [5, 5.41) is 13.9. The van der Waals surface area contributed by atoms with Gasteiger partial charge in [-0.3, -0.25) is 14.4 Å². The molecule has 2 unspecified atom stereocenters. The molecule has 0 aliphatic carbocycles. The number of hydrogen-bond acceptors (Lipinski definition) is 8. The Morgan fingerprint density at radius 2 is 0.868 bits per heavy atom. The van der Waals surface area contributed by atoms with Gasteiger partial charge in [0.15, 0.2) is 12.1 Å². The standard InChI is InChI=1S/C43H80N2O8/c1-3-5-7-9-11-13-15-17-19-21-23-25-27-29-31-33-41(47)52-37-38(36-44-40(46)35-39(45-51)43(49)50)53-42(48)34-32-30-28-26-24-22-20-18-16-14-12-10-8-6-4-2/h38-39H,3-37H2,1-2H3,(H,44,46)(H,49,50). The molecule has 53 heavy (non-hydrogen) atoms. The average molecular weight is 753 g/mol. The lowest BCUT2D eigenvalue weighted by atomic mass is 10.0. The molecule has 310 valence electrons. The summed E-state index contributed by atoms with van der Waals surface area (Å²) in [6.07, 6.45) is 36.0. The first-order valence-electron chi connectivity index (χ1n) is 22.0. The van der Waals surface area contributed by atoms with Crippen LogP contribution in [0.4, 0.5) is 0 Å². The van der Waals surface area contributed by atoms with Crippen LogP contribution in [0.1, 0.15) is 226 Å². The van der Waals surface area contributed by atoms with Crippen molar-refractivity contribution in [2.75, 3.05) is 13.2 Å². The molecule has 10 heteroatoms. The molecule has 0 aliphatic heterocycles. The van der Waals surface area contributed by atoms with Crippen LogP contribution in [-0.2, 0) is 28.7 Å². The Kier molecular flexibility index (Phi) is 37.3. The average Bonchev–Trinajstić information content (AvgIpc) is 3.14. The topological polar surface area (TPSA) is 148 Å². The van der Waals surface area contributed by atoms with Crippen molar-refractivity contribution in [3.8, 4) is 0 Å². The van der Waals surface area contributed by atoms with E-state index in [-0.39, 0.29) is 32.0 Å². The Morgan fingerprint density at radius 1 is 0.528 bits per heavy atom. The number of nitroso groups, excluding NO2 is 1. The summed E-state index contributed by atoms with van der Waals surface area (Å²) < 4.78 is 10.9. The summed E-state index contributed by atoms with van der Waals surface area (Å²) in [7, 11) is 0. The largest absolute Gasteiger partial charge is 0.480 e. The van der Waals surface area contributed by atoms with Gasteiger partial charge in [-0.25, -0.2) is 4.79 Å². The van der Waals surface area contributed by atoms with Crippen molar-refractivity contribution in [3.63, 3.8) is 0 Å². The van der Waals surface area contributed by atoms with Gasteiger partial charge >= 0.3 is 17.9 Å². The van der Waals surface area contributed by atoms with E-state index in [2.05, 4.69) is 24.3 Å². The SMILES string of the molecule is CCCCCCCCCCCCCCCCCC(=O)OCC(CNC(=O)CC(N=O)C(=O)O)OC(=O)CCCCCCCCCCCCCCCCC. The first-order chi connectivity index (χ1) is 25.8. The molecule has 1 amide bonds.